The number of aliphatic hydroxyl groups is 1. The van der Waals surface area contributed by atoms with Crippen LogP contribution >= 0.6 is 0 Å². The molecule has 10 heteroatoms. The zero-order valence-electron chi connectivity index (χ0n) is 22.5. The van der Waals surface area contributed by atoms with Crippen LogP contribution in [0.25, 0.3) is 0 Å². The number of para-hydroxylation sites is 1. The summed E-state index contributed by atoms with van der Waals surface area (Å²) in [6.45, 7) is 3.65. The van der Waals surface area contributed by atoms with E-state index >= 15 is 0 Å². The number of nitrogens with zero attached hydrogens (tertiary/aromatic N) is 6. The Morgan fingerprint density at radius 2 is 1.93 bits per heavy atom. The fourth-order valence-corrected chi connectivity index (χ4v) is 7.01. The molecule has 2 aromatic carbocycles. The molecule has 10 nitrogen and oxygen atoms in total. The molecule has 1 aromatic heterocycles. The van der Waals surface area contributed by atoms with Crippen LogP contribution in [0.1, 0.15) is 48.5 Å². The molecular weight excluding hydrogens is 508 g/mol. The molecule has 0 unspecified atom stereocenters. The van der Waals surface area contributed by atoms with E-state index in [2.05, 4.69) is 15.2 Å². The van der Waals surface area contributed by atoms with Gasteiger partial charge < -0.3 is 19.6 Å². The first kappa shape index (κ1) is 25.2. The van der Waals surface area contributed by atoms with Gasteiger partial charge in [-0.25, -0.2) is 0 Å². The number of benzene rings is 2. The Morgan fingerprint density at radius 1 is 1.07 bits per heavy atom. The Hall–Kier alpha value is -3.76. The van der Waals surface area contributed by atoms with Crippen molar-refractivity contribution < 1.29 is 19.4 Å². The minimum atomic E-state index is -0.918. The number of carbonyl (C=O) groups is 2. The van der Waals surface area contributed by atoms with Crippen LogP contribution in [-0.4, -0.2) is 80.6 Å². The molecule has 1 N–H and O–H groups in total. The van der Waals surface area contributed by atoms with Gasteiger partial charge in [0.05, 0.1) is 38.0 Å². The van der Waals surface area contributed by atoms with Gasteiger partial charge in [-0.05, 0) is 48.6 Å². The highest BCUT2D eigenvalue weighted by molar-refractivity contribution is 6.09. The SMILES string of the molecule is O=C(CN1CCC(O)CC1)N1CC[C@@]23C(=O)N(Cc4cn(nn4)CCCOc4cccc(c4)[C@H]12)c1ccccc13. The lowest BCUT2D eigenvalue weighted by Crippen LogP contribution is -2.48. The molecule has 0 radical (unpaired) electrons. The van der Waals surface area contributed by atoms with E-state index in [0.29, 0.717) is 58.6 Å². The number of hydrogen-bond acceptors (Lipinski definition) is 7. The minimum absolute atomic E-state index is 0.00848. The standard InChI is InChI=1S/C30H34N6O4/c37-23-9-13-33(14-10-23)20-27(38)35-15-11-30-25-7-1-2-8-26(25)36(29(30)39)19-22-18-34(32-31-22)12-4-16-40-24-6-3-5-21(17-24)28(30)35/h1-3,5-8,17-18,23,28,37H,4,9-16,19-20H2/t28-,30-/m0/s1. The molecule has 0 saturated carbocycles. The number of piperidine rings is 1. The minimum Gasteiger partial charge on any atom is -0.494 e. The van der Waals surface area contributed by atoms with Crippen LogP contribution in [0.15, 0.2) is 54.7 Å². The number of aliphatic hydroxyl groups excluding tert-OH is 1. The molecule has 5 heterocycles. The number of aryl methyl sites for hydroxylation is 1. The van der Waals surface area contributed by atoms with Gasteiger partial charge in [0.2, 0.25) is 11.8 Å². The third-order valence-electron chi connectivity index (χ3n) is 8.94. The van der Waals surface area contributed by atoms with E-state index in [0.717, 1.165) is 34.7 Å². The maximum atomic E-state index is 14.7. The van der Waals surface area contributed by atoms with Crippen molar-refractivity contribution in [3.8, 4) is 5.75 Å². The molecule has 2 atom stereocenters. The van der Waals surface area contributed by atoms with Crippen molar-refractivity contribution >= 4 is 17.5 Å². The van der Waals surface area contributed by atoms with E-state index in [4.69, 9.17) is 4.74 Å². The second-order valence-corrected chi connectivity index (χ2v) is 11.4. The Morgan fingerprint density at radius 3 is 2.80 bits per heavy atom. The summed E-state index contributed by atoms with van der Waals surface area (Å²) in [6, 6.07) is 15.4. The van der Waals surface area contributed by atoms with Gasteiger partial charge in [0.1, 0.15) is 16.9 Å². The summed E-state index contributed by atoms with van der Waals surface area (Å²) < 4.78 is 7.93. The number of ether oxygens (including phenoxy) is 1. The molecule has 6 bridgehead atoms. The van der Waals surface area contributed by atoms with Crippen molar-refractivity contribution in [2.24, 2.45) is 0 Å². The topological polar surface area (TPSA) is 104 Å². The summed E-state index contributed by atoms with van der Waals surface area (Å²) in [5, 5.41) is 18.6. The zero-order valence-corrected chi connectivity index (χ0v) is 22.5. The second kappa shape index (κ2) is 10.0. The van der Waals surface area contributed by atoms with Gasteiger partial charge in [-0.15, -0.1) is 5.10 Å². The van der Waals surface area contributed by atoms with E-state index in [-0.39, 0.29) is 24.5 Å². The predicted octanol–water partition coefficient (Wildman–Crippen LogP) is 2.28. The monoisotopic (exact) mass is 542 g/mol. The van der Waals surface area contributed by atoms with E-state index in [9.17, 15) is 14.7 Å². The van der Waals surface area contributed by atoms with Crippen LogP contribution in [0.5, 0.6) is 5.75 Å². The molecule has 2 amide bonds. The molecule has 3 aromatic rings. The number of aromatic nitrogens is 3. The van der Waals surface area contributed by atoms with E-state index in [1.165, 1.54) is 0 Å². The first-order valence-corrected chi connectivity index (χ1v) is 14.3. The Labute approximate surface area is 233 Å². The van der Waals surface area contributed by atoms with Crippen LogP contribution in [0.2, 0.25) is 0 Å². The highest BCUT2D eigenvalue weighted by Crippen LogP contribution is 2.57. The molecule has 1 spiro atoms. The van der Waals surface area contributed by atoms with Crippen molar-refractivity contribution in [2.45, 2.75) is 56.3 Å². The predicted molar refractivity (Wildman–Crippen MR) is 147 cm³/mol. The first-order valence-electron chi connectivity index (χ1n) is 14.3. The molecule has 2 fully saturated rings. The van der Waals surface area contributed by atoms with Crippen molar-refractivity contribution in [1.29, 1.82) is 0 Å². The highest BCUT2D eigenvalue weighted by Gasteiger charge is 2.61. The molecule has 7 rings (SSSR count). The van der Waals surface area contributed by atoms with E-state index < -0.39 is 11.5 Å². The van der Waals surface area contributed by atoms with Gasteiger partial charge in [-0.2, -0.15) is 0 Å². The number of anilines is 1. The molecule has 4 aliphatic heterocycles. The maximum absolute atomic E-state index is 14.7. The number of fused-ring (bicyclic) bond motifs is 8. The normalized spacial score (nSPS) is 25.1. The summed E-state index contributed by atoms with van der Waals surface area (Å²) in [5.74, 6) is 0.724. The van der Waals surface area contributed by atoms with Gasteiger partial charge in [0, 0.05) is 38.3 Å². The number of carbonyl (C=O) groups excluding carboxylic acids is 2. The van der Waals surface area contributed by atoms with Crippen LogP contribution < -0.4 is 9.64 Å². The molecule has 40 heavy (non-hydrogen) atoms. The third kappa shape index (κ3) is 4.17. The van der Waals surface area contributed by atoms with E-state index in [1.807, 2.05) is 64.5 Å². The van der Waals surface area contributed by atoms with Crippen molar-refractivity contribution in [3.63, 3.8) is 0 Å². The van der Waals surface area contributed by atoms with Gasteiger partial charge in [0.15, 0.2) is 0 Å². The number of likely N-dealkylation sites (tertiary alicyclic amines) is 2. The smallest absolute Gasteiger partial charge is 0.240 e. The van der Waals surface area contributed by atoms with Crippen LogP contribution in [0, 0.1) is 0 Å². The number of amides is 2. The average Bonchev–Trinajstić information content (AvgIpc) is 3.65. The summed E-state index contributed by atoms with van der Waals surface area (Å²) in [5.41, 5.74) is 2.53. The van der Waals surface area contributed by atoms with E-state index in [1.54, 1.807) is 4.68 Å². The lowest BCUT2D eigenvalue weighted by Gasteiger charge is -2.37. The summed E-state index contributed by atoms with van der Waals surface area (Å²) >= 11 is 0. The summed E-state index contributed by atoms with van der Waals surface area (Å²) in [6.07, 6.45) is 4.25. The molecular formula is C30H34N6O4. The first-order chi connectivity index (χ1) is 19.5. The fourth-order valence-electron chi connectivity index (χ4n) is 7.01. The van der Waals surface area contributed by atoms with Gasteiger partial charge >= 0.3 is 0 Å². The van der Waals surface area contributed by atoms with Crippen LogP contribution in [0.4, 0.5) is 5.69 Å². The van der Waals surface area contributed by atoms with Gasteiger partial charge in [0.25, 0.3) is 0 Å². The lowest BCUT2D eigenvalue weighted by atomic mass is 9.72. The summed E-state index contributed by atoms with van der Waals surface area (Å²) in [4.78, 5) is 34.5. The molecule has 4 aliphatic rings. The Bertz CT molecular complexity index is 1430. The average molecular weight is 543 g/mol. The third-order valence-corrected chi connectivity index (χ3v) is 8.94. The molecule has 0 aliphatic carbocycles. The van der Waals surface area contributed by atoms with Gasteiger partial charge in [-0.1, -0.05) is 35.5 Å². The largest absolute Gasteiger partial charge is 0.494 e. The second-order valence-electron chi connectivity index (χ2n) is 11.4. The highest BCUT2D eigenvalue weighted by atomic mass is 16.5. The quantitative estimate of drug-likeness (QED) is 0.530. The Balaban J connectivity index is 1.33. The summed E-state index contributed by atoms with van der Waals surface area (Å²) in [7, 11) is 0. The van der Waals surface area contributed by atoms with Gasteiger partial charge in [-0.3, -0.25) is 19.2 Å². The fraction of sp³-hybridized carbons (Fsp3) is 0.467. The maximum Gasteiger partial charge on any atom is 0.240 e. The molecule has 208 valence electrons. The molecule has 2 saturated heterocycles. The van der Waals surface area contributed by atoms with Crippen LogP contribution in [-0.2, 0) is 28.1 Å². The number of rotatable bonds is 2. The zero-order chi connectivity index (χ0) is 27.3. The number of hydrogen-bond donors (Lipinski definition) is 1. The lowest BCUT2D eigenvalue weighted by molar-refractivity contribution is -0.135. The van der Waals surface area contributed by atoms with Crippen molar-refractivity contribution in [2.75, 3.05) is 37.7 Å². The van der Waals surface area contributed by atoms with Crippen LogP contribution in [0.3, 0.4) is 0 Å². The van der Waals surface area contributed by atoms with Crippen molar-refractivity contribution in [1.82, 2.24) is 24.8 Å². The Kier molecular flexibility index (Phi) is 6.31. The van der Waals surface area contributed by atoms with Crippen molar-refractivity contribution in [3.05, 3.63) is 71.5 Å².